The summed E-state index contributed by atoms with van der Waals surface area (Å²) in [6.45, 7) is 0. The molecule has 0 amide bonds. The van der Waals surface area contributed by atoms with Crippen LogP contribution < -0.4 is 4.74 Å². The third-order valence-corrected chi connectivity index (χ3v) is 6.21. The molecule has 1 saturated carbocycles. The van der Waals surface area contributed by atoms with Gasteiger partial charge >= 0.3 is 5.97 Å². The predicted octanol–water partition coefficient (Wildman–Crippen LogP) is 5.50. The minimum absolute atomic E-state index is 0.0791. The molecular weight excluding hydrogens is 447 g/mol. The number of nitrogens with one attached hydrogen (secondary N) is 1. The van der Waals surface area contributed by atoms with Crippen LogP contribution in [-0.2, 0) is 4.79 Å². The third-order valence-electron chi connectivity index (χ3n) is 5.93. The number of benzene rings is 1. The number of aliphatic carboxylic acids is 1. The summed E-state index contributed by atoms with van der Waals surface area (Å²) in [4.78, 5) is 27.0. The van der Waals surface area contributed by atoms with E-state index in [2.05, 4.69) is 19.9 Å². The van der Waals surface area contributed by atoms with Gasteiger partial charge in [-0.2, -0.15) is 9.37 Å². The van der Waals surface area contributed by atoms with Gasteiger partial charge in [-0.25, -0.2) is 9.97 Å². The molecule has 3 heterocycles. The fourth-order valence-electron chi connectivity index (χ4n) is 4.11. The molecule has 0 radical (unpaired) electrons. The lowest BCUT2D eigenvalue weighted by Crippen LogP contribution is -2.28. The molecule has 9 heteroatoms. The van der Waals surface area contributed by atoms with E-state index in [9.17, 15) is 9.18 Å². The minimum atomic E-state index is -0.745. The number of rotatable bonds is 5. The number of pyridine rings is 2. The van der Waals surface area contributed by atoms with Gasteiger partial charge in [0.2, 0.25) is 5.95 Å². The quantitative estimate of drug-likeness (QED) is 0.376. The van der Waals surface area contributed by atoms with Gasteiger partial charge < -0.3 is 14.8 Å². The summed E-state index contributed by atoms with van der Waals surface area (Å²) in [6, 6.07) is 12.7. The van der Waals surface area contributed by atoms with Crippen molar-refractivity contribution in [3.05, 3.63) is 59.6 Å². The highest BCUT2D eigenvalue weighted by Crippen LogP contribution is 2.32. The first-order valence-corrected chi connectivity index (χ1v) is 11.0. The van der Waals surface area contributed by atoms with Crippen molar-refractivity contribution in [3.8, 4) is 28.4 Å². The summed E-state index contributed by atoms with van der Waals surface area (Å²) in [5.74, 6) is -1.56. The van der Waals surface area contributed by atoms with Crippen LogP contribution in [0.25, 0.3) is 33.5 Å². The van der Waals surface area contributed by atoms with Gasteiger partial charge in [-0.15, -0.1) is 0 Å². The average Bonchev–Trinajstić information content (AvgIpc) is 3.20. The largest absolute Gasteiger partial charge is 0.481 e. The maximum Gasteiger partial charge on any atom is 0.306 e. The summed E-state index contributed by atoms with van der Waals surface area (Å²) >= 11 is 6.50. The van der Waals surface area contributed by atoms with E-state index in [1.165, 1.54) is 12.3 Å². The van der Waals surface area contributed by atoms with Crippen LogP contribution in [0.4, 0.5) is 4.39 Å². The first kappa shape index (κ1) is 21.3. The van der Waals surface area contributed by atoms with Crippen LogP contribution >= 0.6 is 11.6 Å². The van der Waals surface area contributed by atoms with Gasteiger partial charge in [0.1, 0.15) is 6.10 Å². The van der Waals surface area contributed by atoms with Gasteiger partial charge in [-0.1, -0.05) is 35.9 Å². The standard InChI is InChI=1S/C24H20ClFN4O3/c25-18-11-19-22(30-24(28-19)33-17-8-5-15(6-9-17)23(31)32)29-21(18)14-3-1-13(2-4-14)16-7-10-20(26)27-12-16/h1-4,7,10-12,15,17H,5-6,8-9H2,(H,31,32)(H,28,29,30). The number of imidazole rings is 1. The van der Waals surface area contributed by atoms with Gasteiger partial charge in [0, 0.05) is 17.3 Å². The summed E-state index contributed by atoms with van der Waals surface area (Å²) in [7, 11) is 0. The topological polar surface area (TPSA) is 101 Å². The molecule has 2 N–H and O–H groups in total. The summed E-state index contributed by atoms with van der Waals surface area (Å²) < 4.78 is 19.0. The number of H-pyrrole nitrogens is 1. The molecule has 1 aliphatic carbocycles. The Morgan fingerprint density at radius 3 is 2.39 bits per heavy atom. The van der Waals surface area contributed by atoms with E-state index in [1.54, 1.807) is 12.1 Å². The predicted molar refractivity (Wildman–Crippen MR) is 122 cm³/mol. The zero-order valence-electron chi connectivity index (χ0n) is 17.5. The van der Waals surface area contributed by atoms with Crippen LogP contribution in [0.5, 0.6) is 6.01 Å². The van der Waals surface area contributed by atoms with Crippen LogP contribution in [0.15, 0.2) is 48.7 Å². The fraction of sp³-hybridized carbons (Fsp3) is 0.250. The molecular formula is C24H20ClFN4O3. The molecule has 1 aliphatic rings. The van der Waals surface area contributed by atoms with Crippen LogP contribution in [0.3, 0.4) is 0 Å². The van der Waals surface area contributed by atoms with E-state index in [4.69, 9.17) is 21.4 Å². The van der Waals surface area contributed by atoms with Crippen molar-refractivity contribution in [2.45, 2.75) is 31.8 Å². The number of nitrogens with zero attached hydrogens (tertiary/aromatic N) is 3. The number of ether oxygens (including phenoxy) is 1. The number of carbonyl (C=O) groups is 1. The van der Waals surface area contributed by atoms with Gasteiger partial charge in [-0.05, 0) is 49.4 Å². The van der Waals surface area contributed by atoms with Crippen molar-refractivity contribution in [1.82, 2.24) is 19.9 Å². The molecule has 5 rings (SSSR count). The maximum atomic E-state index is 13.1. The molecule has 0 atom stereocenters. The Morgan fingerprint density at radius 1 is 1.03 bits per heavy atom. The third kappa shape index (κ3) is 4.52. The van der Waals surface area contributed by atoms with Crippen LogP contribution in [0.2, 0.25) is 5.02 Å². The molecule has 33 heavy (non-hydrogen) atoms. The molecule has 1 fully saturated rings. The monoisotopic (exact) mass is 466 g/mol. The SMILES string of the molecule is O=C(O)C1CCC(Oc2nc3nc(-c4ccc(-c5ccc(F)nc5)cc4)c(Cl)cc3[nH]2)CC1. The molecule has 0 aliphatic heterocycles. The van der Waals surface area contributed by atoms with Crippen molar-refractivity contribution >= 4 is 28.7 Å². The van der Waals surface area contributed by atoms with E-state index < -0.39 is 11.9 Å². The molecule has 3 aromatic heterocycles. The number of fused-ring (bicyclic) bond motifs is 1. The molecule has 7 nitrogen and oxygen atoms in total. The Bertz CT molecular complexity index is 1300. The summed E-state index contributed by atoms with van der Waals surface area (Å²) in [6.07, 6.45) is 3.94. The second kappa shape index (κ2) is 8.78. The number of aromatic amines is 1. The second-order valence-electron chi connectivity index (χ2n) is 8.11. The number of carboxylic acid groups (broad SMARTS) is 1. The summed E-state index contributed by atoms with van der Waals surface area (Å²) in [5, 5.41) is 9.61. The van der Waals surface area contributed by atoms with Crippen molar-refractivity contribution in [2.24, 2.45) is 5.92 Å². The first-order chi connectivity index (χ1) is 16.0. The molecule has 168 valence electrons. The van der Waals surface area contributed by atoms with Gasteiger partial charge in [0.15, 0.2) is 5.65 Å². The highest BCUT2D eigenvalue weighted by molar-refractivity contribution is 6.33. The molecule has 0 spiro atoms. The van der Waals surface area contributed by atoms with Crippen molar-refractivity contribution < 1.29 is 19.0 Å². The Kier molecular flexibility index (Phi) is 5.68. The fourth-order valence-corrected chi connectivity index (χ4v) is 4.37. The highest BCUT2D eigenvalue weighted by atomic mass is 35.5. The van der Waals surface area contributed by atoms with Gasteiger partial charge in [-0.3, -0.25) is 4.79 Å². The number of hydrogen-bond donors (Lipinski definition) is 2. The number of aromatic nitrogens is 4. The smallest absolute Gasteiger partial charge is 0.306 e. The van der Waals surface area contributed by atoms with E-state index >= 15 is 0 Å². The normalized spacial score (nSPS) is 18.4. The van der Waals surface area contributed by atoms with Crippen LogP contribution in [0.1, 0.15) is 25.7 Å². The zero-order valence-corrected chi connectivity index (χ0v) is 18.2. The number of carboxylic acids is 1. The van der Waals surface area contributed by atoms with Crippen molar-refractivity contribution in [1.29, 1.82) is 0 Å². The van der Waals surface area contributed by atoms with Crippen molar-refractivity contribution in [3.63, 3.8) is 0 Å². The zero-order chi connectivity index (χ0) is 22.9. The van der Waals surface area contributed by atoms with E-state index in [0.29, 0.717) is 53.6 Å². The van der Waals surface area contributed by atoms with Gasteiger partial charge in [0.05, 0.1) is 22.2 Å². The Labute approximate surface area is 193 Å². The van der Waals surface area contributed by atoms with Crippen molar-refractivity contribution in [2.75, 3.05) is 0 Å². The second-order valence-corrected chi connectivity index (χ2v) is 8.52. The lowest BCUT2D eigenvalue weighted by atomic mass is 9.87. The minimum Gasteiger partial charge on any atom is -0.481 e. The maximum absolute atomic E-state index is 13.1. The molecule has 0 saturated heterocycles. The Hall–Kier alpha value is -3.52. The first-order valence-electron chi connectivity index (χ1n) is 10.6. The van der Waals surface area contributed by atoms with E-state index in [-0.39, 0.29) is 12.0 Å². The Balaban J connectivity index is 1.35. The van der Waals surface area contributed by atoms with E-state index in [1.807, 2.05) is 24.3 Å². The Morgan fingerprint density at radius 2 is 1.73 bits per heavy atom. The molecule has 4 aromatic rings. The molecule has 1 aromatic carbocycles. The summed E-state index contributed by atoms with van der Waals surface area (Å²) in [5.41, 5.74) is 4.26. The highest BCUT2D eigenvalue weighted by Gasteiger charge is 2.27. The average molecular weight is 467 g/mol. The van der Waals surface area contributed by atoms with Crippen LogP contribution in [-0.4, -0.2) is 37.1 Å². The van der Waals surface area contributed by atoms with Crippen LogP contribution in [0, 0.1) is 11.9 Å². The lowest BCUT2D eigenvalue weighted by Gasteiger charge is -2.25. The van der Waals surface area contributed by atoms with Gasteiger partial charge in [0.25, 0.3) is 6.01 Å². The molecule has 0 bridgehead atoms. The number of hydrogen-bond acceptors (Lipinski definition) is 5. The lowest BCUT2D eigenvalue weighted by molar-refractivity contribution is -0.143. The number of halogens is 2. The molecule has 0 unspecified atom stereocenters. The van der Waals surface area contributed by atoms with E-state index in [0.717, 1.165) is 16.7 Å².